The normalized spacial score (nSPS) is 10.1. The molecule has 17 heavy (non-hydrogen) atoms. The molecule has 1 aromatic heterocycles. The van der Waals surface area contributed by atoms with Crippen LogP contribution in [0.3, 0.4) is 0 Å². The number of carbonyl (C=O) groups excluding carboxylic acids is 1. The number of hydrogen-bond acceptors (Lipinski definition) is 4. The third-order valence-corrected chi connectivity index (χ3v) is 2.32. The molecule has 2 aromatic rings. The summed E-state index contributed by atoms with van der Waals surface area (Å²) in [5.41, 5.74) is 0.358. The molecule has 86 valence electrons. The lowest BCUT2D eigenvalue weighted by atomic mass is 10.1. The largest absolute Gasteiger partial charge is 0.276 e. The highest BCUT2D eigenvalue weighted by Crippen LogP contribution is 2.18. The van der Waals surface area contributed by atoms with Gasteiger partial charge in [-0.05, 0) is 0 Å². The minimum Gasteiger partial charge on any atom is -0.276 e. The molecule has 0 saturated carbocycles. The van der Waals surface area contributed by atoms with E-state index in [-0.39, 0.29) is 18.0 Å². The third kappa shape index (κ3) is 2.36. The second kappa shape index (κ2) is 4.56. The molecule has 1 heterocycles. The number of rotatable bonds is 3. The number of para-hydroxylation sites is 1. The van der Waals surface area contributed by atoms with Gasteiger partial charge in [-0.15, -0.1) is 0 Å². The molecule has 0 radical (unpaired) electrons. The number of hydrogen-bond donors (Lipinski definition) is 0. The van der Waals surface area contributed by atoms with Crippen molar-refractivity contribution in [2.75, 3.05) is 0 Å². The van der Waals surface area contributed by atoms with Crippen LogP contribution >= 0.6 is 0 Å². The van der Waals surface area contributed by atoms with E-state index in [2.05, 4.69) is 4.98 Å². The summed E-state index contributed by atoms with van der Waals surface area (Å²) in [6, 6.07) is 6.20. The Morgan fingerprint density at radius 1 is 1.41 bits per heavy atom. The fourth-order valence-electron chi connectivity index (χ4n) is 1.50. The van der Waals surface area contributed by atoms with Gasteiger partial charge in [0.05, 0.1) is 11.3 Å². The summed E-state index contributed by atoms with van der Waals surface area (Å²) in [6.45, 7) is 0. The molecule has 0 bridgehead atoms. The molecular formula is C11H9N3O3. The van der Waals surface area contributed by atoms with Gasteiger partial charge in [0.15, 0.2) is 0 Å². The first-order valence-electron chi connectivity index (χ1n) is 4.92. The van der Waals surface area contributed by atoms with Gasteiger partial charge in [-0.2, -0.15) is 0 Å². The van der Waals surface area contributed by atoms with Gasteiger partial charge in [0.25, 0.3) is 5.69 Å². The Balaban J connectivity index is 2.25. The van der Waals surface area contributed by atoms with E-state index in [0.29, 0.717) is 5.56 Å². The highest BCUT2D eigenvalue weighted by molar-refractivity contribution is 5.82. The predicted molar refractivity (Wildman–Crippen MR) is 59.7 cm³/mol. The monoisotopic (exact) mass is 231 g/mol. The number of imidazole rings is 1. The average molecular weight is 231 g/mol. The summed E-state index contributed by atoms with van der Waals surface area (Å²) in [7, 11) is 0. The Morgan fingerprint density at radius 3 is 2.82 bits per heavy atom. The van der Waals surface area contributed by atoms with Gasteiger partial charge in [0.2, 0.25) is 5.91 Å². The minimum absolute atomic E-state index is 0.0203. The lowest BCUT2D eigenvalue weighted by molar-refractivity contribution is -0.385. The summed E-state index contributed by atoms with van der Waals surface area (Å²) in [6.07, 6.45) is 4.35. The molecule has 0 aliphatic heterocycles. The van der Waals surface area contributed by atoms with E-state index in [9.17, 15) is 14.9 Å². The summed E-state index contributed by atoms with van der Waals surface area (Å²) in [5.74, 6) is -0.253. The Bertz CT molecular complexity index is 549. The van der Waals surface area contributed by atoms with Gasteiger partial charge in [-0.3, -0.25) is 19.5 Å². The zero-order valence-corrected chi connectivity index (χ0v) is 8.81. The van der Waals surface area contributed by atoms with Crippen LogP contribution in [0.5, 0.6) is 0 Å². The molecule has 0 unspecified atom stereocenters. The molecule has 0 aliphatic rings. The second-order valence-corrected chi connectivity index (χ2v) is 3.43. The molecular weight excluding hydrogens is 222 g/mol. The van der Waals surface area contributed by atoms with Crippen LogP contribution in [0.15, 0.2) is 43.0 Å². The number of nitro benzene ring substituents is 1. The maximum atomic E-state index is 11.8. The van der Waals surface area contributed by atoms with Crippen molar-refractivity contribution in [3.8, 4) is 0 Å². The fourth-order valence-corrected chi connectivity index (χ4v) is 1.50. The van der Waals surface area contributed by atoms with Crippen molar-refractivity contribution in [1.82, 2.24) is 9.55 Å². The molecule has 6 heteroatoms. The van der Waals surface area contributed by atoms with Crippen LogP contribution in [0.25, 0.3) is 0 Å². The highest BCUT2D eigenvalue weighted by atomic mass is 16.6. The predicted octanol–water partition coefficient (Wildman–Crippen LogP) is 1.67. The fraction of sp³-hybridized carbons (Fsp3) is 0.0909. The number of nitrogens with zero attached hydrogens (tertiary/aromatic N) is 3. The first-order valence-corrected chi connectivity index (χ1v) is 4.92. The van der Waals surface area contributed by atoms with Gasteiger partial charge < -0.3 is 0 Å². The lowest BCUT2D eigenvalue weighted by Gasteiger charge is -2.02. The highest BCUT2D eigenvalue weighted by Gasteiger charge is 2.15. The number of nitro groups is 1. The number of aromatic nitrogens is 2. The molecule has 0 atom stereocenters. The SMILES string of the molecule is O=C(Cc1ccccc1[N+](=O)[O-])n1ccnc1. The van der Waals surface area contributed by atoms with Crippen LogP contribution in [0, 0.1) is 10.1 Å². The van der Waals surface area contributed by atoms with Gasteiger partial charge >= 0.3 is 0 Å². The molecule has 1 aromatic carbocycles. The standard InChI is InChI=1S/C11H9N3O3/c15-11(13-6-5-12-8-13)7-9-3-1-2-4-10(9)14(16)17/h1-6,8H,7H2. The number of benzene rings is 1. The maximum Gasteiger partial charge on any atom is 0.273 e. The van der Waals surface area contributed by atoms with Crippen molar-refractivity contribution in [2.45, 2.75) is 6.42 Å². The van der Waals surface area contributed by atoms with Crippen molar-refractivity contribution in [2.24, 2.45) is 0 Å². The van der Waals surface area contributed by atoms with E-state index >= 15 is 0 Å². The van der Waals surface area contributed by atoms with Gasteiger partial charge in [0.1, 0.15) is 6.33 Å². The lowest BCUT2D eigenvalue weighted by Crippen LogP contribution is -2.12. The van der Waals surface area contributed by atoms with Gasteiger partial charge in [-0.25, -0.2) is 4.98 Å². The van der Waals surface area contributed by atoms with Crippen molar-refractivity contribution in [3.63, 3.8) is 0 Å². The van der Waals surface area contributed by atoms with Crippen LogP contribution in [0.2, 0.25) is 0 Å². The molecule has 0 N–H and O–H groups in total. The van der Waals surface area contributed by atoms with E-state index in [1.807, 2.05) is 0 Å². The van der Waals surface area contributed by atoms with Gasteiger partial charge in [-0.1, -0.05) is 18.2 Å². The van der Waals surface area contributed by atoms with E-state index < -0.39 is 4.92 Å². The van der Waals surface area contributed by atoms with Crippen LogP contribution in [0.1, 0.15) is 10.4 Å². The van der Waals surface area contributed by atoms with Crippen LogP contribution < -0.4 is 0 Å². The van der Waals surface area contributed by atoms with E-state index in [1.54, 1.807) is 18.2 Å². The van der Waals surface area contributed by atoms with Crippen molar-refractivity contribution in [1.29, 1.82) is 0 Å². The molecule has 6 nitrogen and oxygen atoms in total. The first kappa shape index (κ1) is 11.0. The first-order chi connectivity index (χ1) is 8.18. The number of carbonyl (C=O) groups is 1. The molecule has 0 fully saturated rings. The summed E-state index contributed by atoms with van der Waals surface area (Å²) in [5, 5.41) is 10.8. The average Bonchev–Trinajstić information content (AvgIpc) is 2.83. The quantitative estimate of drug-likeness (QED) is 0.594. The maximum absolute atomic E-state index is 11.8. The molecule has 0 spiro atoms. The summed E-state index contributed by atoms with van der Waals surface area (Å²) >= 11 is 0. The molecule has 0 aliphatic carbocycles. The topological polar surface area (TPSA) is 78.0 Å². The van der Waals surface area contributed by atoms with Crippen molar-refractivity contribution < 1.29 is 9.72 Å². The molecule has 0 amide bonds. The van der Waals surface area contributed by atoms with Crippen LogP contribution in [-0.2, 0) is 6.42 Å². The van der Waals surface area contributed by atoms with E-state index in [4.69, 9.17) is 0 Å². The van der Waals surface area contributed by atoms with E-state index in [0.717, 1.165) is 0 Å². The van der Waals surface area contributed by atoms with Crippen LogP contribution in [0.4, 0.5) is 5.69 Å². The minimum atomic E-state index is -0.490. The molecule has 0 saturated heterocycles. The smallest absolute Gasteiger partial charge is 0.273 e. The second-order valence-electron chi connectivity index (χ2n) is 3.43. The summed E-state index contributed by atoms with van der Waals surface area (Å²) < 4.78 is 1.30. The van der Waals surface area contributed by atoms with Crippen molar-refractivity contribution in [3.05, 3.63) is 58.7 Å². The zero-order valence-electron chi connectivity index (χ0n) is 8.81. The van der Waals surface area contributed by atoms with E-state index in [1.165, 1.54) is 29.4 Å². The third-order valence-electron chi connectivity index (χ3n) is 2.32. The summed E-state index contributed by atoms with van der Waals surface area (Å²) in [4.78, 5) is 25.8. The van der Waals surface area contributed by atoms with Crippen molar-refractivity contribution >= 4 is 11.6 Å². The zero-order chi connectivity index (χ0) is 12.3. The molecule has 2 rings (SSSR count). The Morgan fingerprint density at radius 2 is 2.18 bits per heavy atom. The Hall–Kier alpha value is -2.50. The van der Waals surface area contributed by atoms with Gasteiger partial charge in [0, 0.05) is 24.0 Å². The Labute approximate surface area is 96.7 Å². The Kier molecular flexibility index (Phi) is 2.95. The van der Waals surface area contributed by atoms with Crippen LogP contribution in [-0.4, -0.2) is 20.4 Å².